The monoisotopic (exact) mass is 322 g/mol. The van der Waals surface area contributed by atoms with Gasteiger partial charge in [-0.15, -0.1) is 0 Å². The molecule has 1 aliphatic rings. The fourth-order valence-corrected chi connectivity index (χ4v) is 3.34. The molecule has 0 heterocycles. The smallest absolute Gasteiger partial charge is 0.172 e. The van der Waals surface area contributed by atoms with Crippen LogP contribution in [0, 0.1) is 23.7 Å². The van der Waals surface area contributed by atoms with Gasteiger partial charge in [-0.3, -0.25) is 9.59 Å². The quantitative estimate of drug-likeness (QED) is 0.590. The lowest BCUT2D eigenvalue weighted by atomic mass is 9.74. The fourth-order valence-electron chi connectivity index (χ4n) is 3.34. The molecular weight excluding hydrogens is 288 g/mol. The Balaban J connectivity index is 3.02. The Bertz CT molecular complexity index is 446. The number of carbonyl (C=O) groups is 2. The van der Waals surface area contributed by atoms with Crippen molar-refractivity contribution in [2.75, 3.05) is 0 Å². The molecule has 1 aliphatic carbocycles. The summed E-state index contributed by atoms with van der Waals surface area (Å²) in [5, 5.41) is 10.5. The highest BCUT2D eigenvalue weighted by Crippen LogP contribution is 2.37. The Morgan fingerprint density at radius 2 is 1.78 bits per heavy atom. The highest BCUT2D eigenvalue weighted by Gasteiger charge is 2.38. The van der Waals surface area contributed by atoms with E-state index in [2.05, 4.69) is 20.8 Å². The number of aliphatic hydroxyl groups is 1. The number of Topliss-reactive ketones (excluding diaryl/α,β-unsaturated/α-hetero) is 2. The number of hydrogen-bond acceptors (Lipinski definition) is 3. The maximum absolute atomic E-state index is 12.8. The summed E-state index contributed by atoms with van der Waals surface area (Å²) in [6, 6.07) is 0. The van der Waals surface area contributed by atoms with Crippen LogP contribution in [0.1, 0.15) is 79.6 Å². The summed E-state index contributed by atoms with van der Waals surface area (Å²) in [6.07, 6.45) is 5.80. The average molecular weight is 322 g/mol. The van der Waals surface area contributed by atoms with Crippen LogP contribution in [0.2, 0.25) is 0 Å². The third kappa shape index (κ3) is 5.78. The summed E-state index contributed by atoms with van der Waals surface area (Å²) >= 11 is 0. The van der Waals surface area contributed by atoms with E-state index < -0.39 is 0 Å². The van der Waals surface area contributed by atoms with E-state index in [1.165, 1.54) is 0 Å². The van der Waals surface area contributed by atoms with Gasteiger partial charge < -0.3 is 5.11 Å². The van der Waals surface area contributed by atoms with Gasteiger partial charge in [-0.2, -0.15) is 0 Å². The molecular formula is C20H34O3. The van der Waals surface area contributed by atoms with E-state index in [1.807, 2.05) is 13.8 Å². The summed E-state index contributed by atoms with van der Waals surface area (Å²) in [6.45, 7) is 10.4. The second kappa shape index (κ2) is 9.24. The lowest BCUT2D eigenvalue weighted by molar-refractivity contribution is -0.126. The molecule has 0 spiro atoms. The molecule has 0 fully saturated rings. The number of hydrogen-bond donors (Lipinski definition) is 1. The number of allylic oxidation sites excluding steroid dienone is 2. The Labute approximate surface area is 141 Å². The maximum atomic E-state index is 12.8. The minimum absolute atomic E-state index is 0.0177. The van der Waals surface area contributed by atoms with Crippen LogP contribution in [0.5, 0.6) is 0 Å². The van der Waals surface area contributed by atoms with Crippen molar-refractivity contribution in [3.8, 4) is 0 Å². The molecule has 0 aromatic heterocycles. The SMILES string of the molecule is CCCC[C@H]1C[C@@H](CCC(C)C)C(=O)C(C(=O)CC(C)C)=C1O. The summed E-state index contributed by atoms with van der Waals surface area (Å²) in [5.41, 5.74) is 0.125. The van der Waals surface area contributed by atoms with Crippen LogP contribution in [0.15, 0.2) is 11.3 Å². The van der Waals surface area contributed by atoms with Gasteiger partial charge in [0, 0.05) is 18.3 Å². The molecule has 0 aromatic carbocycles. The molecule has 0 aliphatic heterocycles. The van der Waals surface area contributed by atoms with Crippen LogP contribution in [0.25, 0.3) is 0 Å². The van der Waals surface area contributed by atoms with Crippen molar-refractivity contribution in [3.05, 3.63) is 11.3 Å². The van der Waals surface area contributed by atoms with Crippen LogP contribution in [0.3, 0.4) is 0 Å². The van der Waals surface area contributed by atoms with Crippen LogP contribution in [-0.2, 0) is 9.59 Å². The van der Waals surface area contributed by atoms with Crippen molar-refractivity contribution in [1.29, 1.82) is 0 Å². The fraction of sp³-hybridized carbons (Fsp3) is 0.800. The molecule has 0 saturated heterocycles. The van der Waals surface area contributed by atoms with Gasteiger partial charge in [0.1, 0.15) is 5.76 Å². The van der Waals surface area contributed by atoms with Gasteiger partial charge in [0.25, 0.3) is 0 Å². The van der Waals surface area contributed by atoms with E-state index in [4.69, 9.17) is 0 Å². The minimum atomic E-state index is -0.168. The maximum Gasteiger partial charge on any atom is 0.172 e. The number of unbranched alkanes of at least 4 members (excludes halogenated alkanes) is 1. The predicted octanol–water partition coefficient (Wildman–Crippen LogP) is 5.25. The summed E-state index contributed by atoms with van der Waals surface area (Å²) in [4.78, 5) is 25.2. The van der Waals surface area contributed by atoms with Crippen molar-refractivity contribution >= 4 is 11.6 Å². The summed E-state index contributed by atoms with van der Waals surface area (Å²) < 4.78 is 0. The molecule has 132 valence electrons. The van der Waals surface area contributed by atoms with Crippen molar-refractivity contribution in [3.63, 3.8) is 0 Å². The molecule has 0 unspecified atom stereocenters. The second-order valence-corrected chi connectivity index (χ2v) is 7.89. The molecule has 3 heteroatoms. The zero-order valence-electron chi connectivity index (χ0n) is 15.5. The molecule has 1 N–H and O–H groups in total. The number of aliphatic hydroxyl groups excluding tert-OH is 1. The number of carbonyl (C=O) groups excluding carboxylic acids is 2. The molecule has 0 saturated carbocycles. The van der Waals surface area contributed by atoms with Gasteiger partial charge >= 0.3 is 0 Å². The molecule has 0 amide bonds. The lowest BCUT2D eigenvalue weighted by Crippen LogP contribution is -2.32. The number of rotatable bonds is 9. The van der Waals surface area contributed by atoms with Crippen LogP contribution in [-0.4, -0.2) is 16.7 Å². The van der Waals surface area contributed by atoms with Gasteiger partial charge in [0.15, 0.2) is 11.6 Å². The van der Waals surface area contributed by atoms with Gasteiger partial charge in [-0.25, -0.2) is 0 Å². The molecule has 0 bridgehead atoms. The predicted molar refractivity (Wildman–Crippen MR) is 94.3 cm³/mol. The second-order valence-electron chi connectivity index (χ2n) is 7.89. The Morgan fingerprint density at radius 1 is 1.13 bits per heavy atom. The standard InChI is InChI=1S/C20H34O3/c1-6-7-8-15-12-16(10-9-13(2)3)20(23)18(19(15)22)17(21)11-14(4)5/h13-16,22H,6-12H2,1-5H3/t15-,16+/m0/s1. The average Bonchev–Trinajstić information content (AvgIpc) is 2.44. The zero-order valence-corrected chi connectivity index (χ0v) is 15.5. The van der Waals surface area contributed by atoms with E-state index in [0.717, 1.165) is 32.1 Å². The van der Waals surface area contributed by atoms with Crippen molar-refractivity contribution in [1.82, 2.24) is 0 Å². The first kappa shape index (κ1) is 19.9. The molecule has 0 aromatic rings. The van der Waals surface area contributed by atoms with Gasteiger partial charge in [-0.05, 0) is 31.1 Å². The first-order valence-corrected chi connectivity index (χ1v) is 9.28. The van der Waals surface area contributed by atoms with E-state index in [9.17, 15) is 14.7 Å². The first-order valence-electron chi connectivity index (χ1n) is 9.28. The Hall–Kier alpha value is -1.12. The molecule has 0 radical (unpaired) electrons. The Morgan fingerprint density at radius 3 is 2.30 bits per heavy atom. The van der Waals surface area contributed by atoms with Gasteiger partial charge in [-0.1, -0.05) is 53.9 Å². The largest absolute Gasteiger partial charge is 0.511 e. The van der Waals surface area contributed by atoms with E-state index in [0.29, 0.717) is 18.8 Å². The van der Waals surface area contributed by atoms with Gasteiger partial charge in [0.05, 0.1) is 5.57 Å². The topological polar surface area (TPSA) is 54.4 Å². The van der Waals surface area contributed by atoms with E-state index in [-0.39, 0.29) is 40.7 Å². The minimum Gasteiger partial charge on any atom is -0.511 e. The first-order chi connectivity index (χ1) is 10.8. The summed E-state index contributed by atoms with van der Waals surface area (Å²) in [7, 11) is 0. The van der Waals surface area contributed by atoms with Crippen LogP contribution >= 0.6 is 0 Å². The molecule has 1 rings (SSSR count). The number of ketones is 2. The van der Waals surface area contributed by atoms with Crippen LogP contribution < -0.4 is 0 Å². The zero-order chi connectivity index (χ0) is 17.6. The van der Waals surface area contributed by atoms with E-state index >= 15 is 0 Å². The summed E-state index contributed by atoms with van der Waals surface area (Å²) in [5.74, 6) is 0.429. The molecule has 3 nitrogen and oxygen atoms in total. The normalized spacial score (nSPS) is 22.3. The Kier molecular flexibility index (Phi) is 8.01. The lowest BCUT2D eigenvalue weighted by Gasteiger charge is -2.30. The van der Waals surface area contributed by atoms with Crippen molar-refractivity contribution < 1.29 is 14.7 Å². The van der Waals surface area contributed by atoms with Crippen molar-refractivity contribution in [2.45, 2.75) is 79.6 Å². The molecule has 2 atom stereocenters. The van der Waals surface area contributed by atoms with Crippen molar-refractivity contribution in [2.24, 2.45) is 23.7 Å². The third-order valence-electron chi connectivity index (χ3n) is 4.70. The van der Waals surface area contributed by atoms with E-state index in [1.54, 1.807) is 0 Å². The molecule has 23 heavy (non-hydrogen) atoms. The van der Waals surface area contributed by atoms with Crippen LogP contribution in [0.4, 0.5) is 0 Å². The van der Waals surface area contributed by atoms with Gasteiger partial charge in [0.2, 0.25) is 0 Å². The third-order valence-corrected chi connectivity index (χ3v) is 4.70. The highest BCUT2D eigenvalue weighted by molar-refractivity contribution is 6.21. The highest BCUT2D eigenvalue weighted by atomic mass is 16.3.